The third-order valence-electron chi connectivity index (χ3n) is 5.15. The van der Waals surface area contributed by atoms with Gasteiger partial charge in [-0.25, -0.2) is 4.79 Å². The van der Waals surface area contributed by atoms with Crippen LogP contribution in [0.15, 0.2) is 48.5 Å². The molecule has 3 amide bonds. The van der Waals surface area contributed by atoms with E-state index in [9.17, 15) is 9.59 Å². The van der Waals surface area contributed by atoms with Gasteiger partial charge in [-0.15, -0.1) is 10.2 Å². The molecule has 1 fully saturated rings. The molecule has 1 aromatic heterocycles. The van der Waals surface area contributed by atoms with Crippen LogP contribution in [0.2, 0.25) is 5.02 Å². The molecule has 31 heavy (non-hydrogen) atoms. The van der Waals surface area contributed by atoms with Crippen LogP contribution in [0.3, 0.4) is 0 Å². The molecule has 2 aromatic carbocycles. The predicted molar refractivity (Wildman–Crippen MR) is 123 cm³/mol. The average molecular weight is 456 g/mol. The zero-order chi connectivity index (χ0) is 21.8. The van der Waals surface area contributed by atoms with Crippen molar-refractivity contribution in [2.24, 2.45) is 0 Å². The largest absolute Gasteiger partial charge is 0.324 e. The first-order valence-corrected chi connectivity index (χ1v) is 11.2. The summed E-state index contributed by atoms with van der Waals surface area (Å²) in [5.41, 5.74) is 2.55. The minimum atomic E-state index is -0.305. The number of rotatable bonds is 4. The molecule has 1 aliphatic heterocycles. The number of benzene rings is 2. The Morgan fingerprint density at radius 1 is 1.03 bits per heavy atom. The van der Waals surface area contributed by atoms with Crippen LogP contribution in [0.1, 0.15) is 39.1 Å². The SMILES string of the molecule is Cc1ccc(NC(=O)N2CCC(c3nnc(C(=O)Nc4cccc(Cl)c4)s3)CC2)cc1. The summed E-state index contributed by atoms with van der Waals surface area (Å²) in [6.07, 6.45) is 1.57. The highest BCUT2D eigenvalue weighted by Crippen LogP contribution is 2.30. The fourth-order valence-corrected chi connectivity index (χ4v) is 4.51. The van der Waals surface area contributed by atoms with E-state index in [0.717, 1.165) is 29.1 Å². The molecule has 1 aliphatic rings. The number of carbonyl (C=O) groups excluding carboxylic acids is 2. The third kappa shape index (κ3) is 5.39. The molecule has 1 saturated heterocycles. The van der Waals surface area contributed by atoms with Crippen molar-refractivity contribution in [2.75, 3.05) is 23.7 Å². The first-order chi connectivity index (χ1) is 15.0. The van der Waals surface area contributed by atoms with Crippen molar-refractivity contribution in [3.63, 3.8) is 0 Å². The highest BCUT2D eigenvalue weighted by Gasteiger charge is 2.27. The number of aromatic nitrogens is 2. The van der Waals surface area contributed by atoms with Gasteiger partial charge in [0.15, 0.2) is 0 Å². The van der Waals surface area contributed by atoms with Gasteiger partial charge < -0.3 is 15.5 Å². The third-order valence-corrected chi connectivity index (χ3v) is 6.47. The van der Waals surface area contributed by atoms with E-state index in [2.05, 4.69) is 20.8 Å². The minimum absolute atomic E-state index is 0.0962. The molecule has 2 heterocycles. The van der Waals surface area contributed by atoms with Crippen molar-refractivity contribution in [3.8, 4) is 0 Å². The highest BCUT2D eigenvalue weighted by atomic mass is 35.5. The Kier molecular flexibility index (Phi) is 6.48. The first kappa shape index (κ1) is 21.3. The second kappa shape index (κ2) is 9.45. The summed E-state index contributed by atoms with van der Waals surface area (Å²) in [5.74, 6) is -0.116. The standard InChI is InChI=1S/C22H22ClN5O2S/c1-14-5-7-17(8-6-14)25-22(30)28-11-9-15(10-12-28)20-26-27-21(31-20)19(29)24-18-4-2-3-16(23)13-18/h2-8,13,15H,9-12H2,1H3,(H,24,29)(H,25,30). The van der Waals surface area contributed by atoms with Crippen LogP contribution in [0.5, 0.6) is 0 Å². The second-order valence-corrected chi connectivity index (χ2v) is 8.91. The van der Waals surface area contributed by atoms with Crippen LogP contribution in [0.4, 0.5) is 16.2 Å². The van der Waals surface area contributed by atoms with Crippen molar-refractivity contribution >= 4 is 46.3 Å². The number of aryl methyl sites for hydroxylation is 1. The van der Waals surface area contributed by atoms with Crippen molar-refractivity contribution in [2.45, 2.75) is 25.7 Å². The first-order valence-electron chi connectivity index (χ1n) is 10.0. The Bertz CT molecular complexity index is 1080. The fraction of sp³-hybridized carbons (Fsp3) is 0.273. The highest BCUT2D eigenvalue weighted by molar-refractivity contribution is 7.13. The Morgan fingerprint density at radius 3 is 2.48 bits per heavy atom. The number of hydrogen-bond acceptors (Lipinski definition) is 5. The molecule has 0 atom stereocenters. The molecular formula is C22H22ClN5O2S. The number of anilines is 2. The summed E-state index contributed by atoms with van der Waals surface area (Å²) in [6, 6.07) is 14.6. The molecule has 7 nitrogen and oxygen atoms in total. The quantitative estimate of drug-likeness (QED) is 0.568. The number of piperidine rings is 1. The summed E-state index contributed by atoms with van der Waals surface area (Å²) < 4.78 is 0. The average Bonchev–Trinajstić information content (AvgIpc) is 3.26. The smallest absolute Gasteiger partial charge is 0.321 e. The molecule has 3 aromatic rings. The summed E-state index contributed by atoms with van der Waals surface area (Å²) in [7, 11) is 0. The summed E-state index contributed by atoms with van der Waals surface area (Å²) in [6.45, 7) is 3.27. The summed E-state index contributed by atoms with van der Waals surface area (Å²) in [4.78, 5) is 26.8. The minimum Gasteiger partial charge on any atom is -0.324 e. The number of nitrogens with one attached hydrogen (secondary N) is 2. The van der Waals surface area contributed by atoms with Crippen molar-refractivity contribution < 1.29 is 9.59 Å². The van der Waals surface area contributed by atoms with Crippen LogP contribution >= 0.6 is 22.9 Å². The monoisotopic (exact) mass is 455 g/mol. The lowest BCUT2D eigenvalue weighted by Gasteiger charge is -2.31. The van der Waals surface area contributed by atoms with E-state index in [1.54, 1.807) is 24.3 Å². The Hall–Kier alpha value is -2.97. The number of halogens is 1. The number of nitrogens with zero attached hydrogens (tertiary/aromatic N) is 3. The Balaban J connectivity index is 1.31. The number of urea groups is 1. The van der Waals surface area contributed by atoms with Crippen molar-refractivity contribution in [3.05, 3.63) is 69.1 Å². The zero-order valence-electron chi connectivity index (χ0n) is 17.0. The maximum absolute atomic E-state index is 12.5. The van der Waals surface area contributed by atoms with E-state index in [-0.39, 0.29) is 17.9 Å². The molecule has 0 unspecified atom stereocenters. The lowest BCUT2D eigenvalue weighted by atomic mass is 9.98. The number of likely N-dealkylation sites (tertiary alicyclic amines) is 1. The van der Waals surface area contributed by atoms with Crippen LogP contribution < -0.4 is 10.6 Å². The van der Waals surface area contributed by atoms with Crippen LogP contribution in [-0.4, -0.2) is 40.1 Å². The van der Waals surface area contributed by atoms with E-state index < -0.39 is 0 Å². The second-order valence-electron chi connectivity index (χ2n) is 7.47. The number of amides is 3. The van der Waals surface area contributed by atoms with Gasteiger partial charge in [-0.1, -0.05) is 46.7 Å². The van der Waals surface area contributed by atoms with Gasteiger partial charge in [0, 0.05) is 35.4 Å². The van der Waals surface area contributed by atoms with Gasteiger partial charge in [0.1, 0.15) is 5.01 Å². The van der Waals surface area contributed by atoms with Gasteiger partial charge in [-0.3, -0.25) is 4.79 Å². The summed E-state index contributed by atoms with van der Waals surface area (Å²) >= 11 is 7.25. The van der Waals surface area contributed by atoms with Gasteiger partial charge in [0.05, 0.1) is 0 Å². The Morgan fingerprint density at radius 2 is 1.77 bits per heavy atom. The van der Waals surface area contributed by atoms with Gasteiger partial charge >= 0.3 is 6.03 Å². The lowest BCUT2D eigenvalue weighted by Crippen LogP contribution is -2.40. The summed E-state index contributed by atoms with van der Waals surface area (Å²) in [5, 5.41) is 15.7. The van der Waals surface area contributed by atoms with Crippen molar-refractivity contribution in [1.82, 2.24) is 15.1 Å². The van der Waals surface area contributed by atoms with Gasteiger partial charge in [-0.2, -0.15) is 0 Å². The van der Waals surface area contributed by atoms with E-state index >= 15 is 0 Å². The van der Waals surface area contributed by atoms with Crippen molar-refractivity contribution in [1.29, 1.82) is 0 Å². The molecule has 0 spiro atoms. The normalized spacial score (nSPS) is 14.3. The number of carbonyl (C=O) groups is 2. The zero-order valence-corrected chi connectivity index (χ0v) is 18.5. The van der Waals surface area contributed by atoms with Gasteiger partial charge in [0.25, 0.3) is 5.91 Å². The van der Waals surface area contributed by atoms with Gasteiger partial charge in [-0.05, 0) is 50.1 Å². The van der Waals surface area contributed by atoms with Crippen LogP contribution in [0, 0.1) is 6.92 Å². The maximum Gasteiger partial charge on any atom is 0.321 e. The van der Waals surface area contributed by atoms with E-state index in [1.165, 1.54) is 11.3 Å². The number of hydrogen-bond donors (Lipinski definition) is 2. The topological polar surface area (TPSA) is 87.2 Å². The Labute approximate surface area is 189 Å². The molecular weight excluding hydrogens is 434 g/mol. The molecule has 0 aliphatic carbocycles. The molecule has 2 N–H and O–H groups in total. The fourth-order valence-electron chi connectivity index (χ4n) is 3.41. The predicted octanol–water partition coefficient (Wildman–Crippen LogP) is 5.16. The van der Waals surface area contributed by atoms with Crippen LogP contribution in [0.25, 0.3) is 0 Å². The maximum atomic E-state index is 12.5. The van der Waals surface area contributed by atoms with E-state index in [0.29, 0.717) is 28.8 Å². The van der Waals surface area contributed by atoms with Gasteiger partial charge in [0.2, 0.25) is 5.01 Å². The van der Waals surface area contributed by atoms with Crippen LogP contribution in [-0.2, 0) is 0 Å². The molecule has 4 rings (SSSR count). The molecule has 0 radical (unpaired) electrons. The molecule has 160 valence electrons. The molecule has 0 saturated carbocycles. The molecule has 9 heteroatoms. The van der Waals surface area contributed by atoms with E-state index in [1.807, 2.05) is 36.1 Å². The van der Waals surface area contributed by atoms with E-state index in [4.69, 9.17) is 11.6 Å². The molecule has 0 bridgehead atoms. The lowest BCUT2D eigenvalue weighted by molar-refractivity contribution is 0.102.